The van der Waals surface area contributed by atoms with Crippen LogP contribution in [0.5, 0.6) is 0 Å². The SMILES string of the molecule is O=C(CCC(=O)c1cc([N+](=O)[O-])cc(F)c1Cl)c1ccccc1. The van der Waals surface area contributed by atoms with Gasteiger partial charge in [0.05, 0.1) is 16.0 Å². The first kappa shape index (κ1) is 16.8. The van der Waals surface area contributed by atoms with Crippen LogP contribution in [-0.4, -0.2) is 16.5 Å². The Hall–Kier alpha value is -2.60. The predicted octanol–water partition coefficient (Wildman–Crippen LogP) is 4.23. The van der Waals surface area contributed by atoms with Gasteiger partial charge in [-0.15, -0.1) is 0 Å². The Morgan fingerprint density at radius 3 is 2.30 bits per heavy atom. The van der Waals surface area contributed by atoms with Gasteiger partial charge in [-0.3, -0.25) is 19.7 Å². The van der Waals surface area contributed by atoms with Crippen molar-refractivity contribution in [2.45, 2.75) is 12.8 Å². The molecule has 23 heavy (non-hydrogen) atoms. The second-order valence-corrected chi connectivity index (χ2v) is 5.14. The maximum absolute atomic E-state index is 13.6. The number of carbonyl (C=O) groups excluding carboxylic acids is 2. The standard InChI is InChI=1S/C16H11ClFNO4/c17-16-12(8-11(19(22)23)9-13(16)18)15(21)7-6-14(20)10-4-2-1-3-5-10/h1-5,8-9H,6-7H2. The maximum Gasteiger partial charge on any atom is 0.273 e. The number of Topliss-reactive ketones (excluding diaryl/α,β-unsaturated/α-hetero) is 2. The molecule has 7 heteroatoms. The lowest BCUT2D eigenvalue weighted by Crippen LogP contribution is -2.07. The van der Waals surface area contributed by atoms with E-state index in [1.54, 1.807) is 30.3 Å². The highest BCUT2D eigenvalue weighted by Crippen LogP contribution is 2.27. The van der Waals surface area contributed by atoms with Gasteiger partial charge in [-0.1, -0.05) is 41.9 Å². The average molecular weight is 336 g/mol. The Morgan fingerprint density at radius 2 is 1.70 bits per heavy atom. The van der Waals surface area contributed by atoms with Crippen LogP contribution in [0.25, 0.3) is 0 Å². The molecule has 118 valence electrons. The molecule has 0 aliphatic heterocycles. The summed E-state index contributed by atoms with van der Waals surface area (Å²) in [5, 5.41) is 10.2. The van der Waals surface area contributed by atoms with Crippen LogP contribution >= 0.6 is 11.6 Å². The van der Waals surface area contributed by atoms with Crippen molar-refractivity contribution in [3.8, 4) is 0 Å². The van der Waals surface area contributed by atoms with E-state index in [1.165, 1.54) is 0 Å². The molecular formula is C16H11ClFNO4. The summed E-state index contributed by atoms with van der Waals surface area (Å²) in [6.07, 6.45) is -0.308. The average Bonchev–Trinajstić information content (AvgIpc) is 2.55. The molecule has 0 amide bonds. The van der Waals surface area contributed by atoms with Gasteiger partial charge in [-0.2, -0.15) is 0 Å². The zero-order chi connectivity index (χ0) is 17.0. The first-order chi connectivity index (χ1) is 10.9. The van der Waals surface area contributed by atoms with E-state index in [0.29, 0.717) is 11.6 Å². The van der Waals surface area contributed by atoms with Gasteiger partial charge in [0, 0.05) is 30.0 Å². The lowest BCUT2D eigenvalue weighted by molar-refractivity contribution is -0.385. The lowest BCUT2D eigenvalue weighted by atomic mass is 10.0. The molecule has 2 rings (SSSR count). The number of carbonyl (C=O) groups is 2. The number of rotatable bonds is 6. The minimum atomic E-state index is -1.04. The van der Waals surface area contributed by atoms with Crippen LogP contribution in [0.1, 0.15) is 33.6 Å². The van der Waals surface area contributed by atoms with Gasteiger partial charge in [-0.25, -0.2) is 4.39 Å². The molecule has 0 aromatic heterocycles. The highest BCUT2D eigenvalue weighted by Gasteiger charge is 2.21. The van der Waals surface area contributed by atoms with Crippen molar-refractivity contribution in [3.05, 3.63) is 74.5 Å². The summed E-state index contributed by atoms with van der Waals surface area (Å²) in [7, 11) is 0. The first-order valence-electron chi connectivity index (χ1n) is 6.65. The Bertz CT molecular complexity index is 777. The molecule has 0 heterocycles. The second-order valence-electron chi connectivity index (χ2n) is 4.76. The van der Waals surface area contributed by atoms with Crippen molar-refractivity contribution in [3.63, 3.8) is 0 Å². The van der Waals surface area contributed by atoms with Crippen LogP contribution in [0.4, 0.5) is 10.1 Å². The third-order valence-electron chi connectivity index (χ3n) is 3.20. The van der Waals surface area contributed by atoms with E-state index >= 15 is 0 Å². The summed E-state index contributed by atoms with van der Waals surface area (Å²) in [6, 6.07) is 9.95. The molecule has 0 saturated heterocycles. The van der Waals surface area contributed by atoms with Crippen molar-refractivity contribution >= 4 is 28.9 Å². The van der Waals surface area contributed by atoms with E-state index in [-0.39, 0.29) is 24.2 Å². The molecule has 0 unspecified atom stereocenters. The Labute approximate surface area is 135 Å². The molecule has 0 fully saturated rings. The first-order valence-corrected chi connectivity index (χ1v) is 7.03. The Balaban J connectivity index is 2.15. The molecule has 0 radical (unpaired) electrons. The molecule has 2 aromatic rings. The third kappa shape index (κ3) is 3.98. The van der Waals surface area contributed by atoms with E-state index < -0.39 is 27.2 Å². The molecule has 0 aliphatic carbocycles. The van der Waals surface area contributed by atoms with E-state index in [4.69, 9.17) is 11.6 Å². The summed E-state index contributed by atoms with van der Waals surface area (Å²) in [5.74, 6) is -1.92. The van der Waals surface area contributed by atoms with Crippen molar-refractivity contribution < 1.29 is 18.9 Å². The molecule has 0 saturated carbocycles. The Kier molecular flexibility index (Phi) is 5.18. The zero-order valence-electron chi connectivity index (χ0n) is 11.8. The molecule has 0 aliphatic rings. The number of nitro groups is 1. The second kappa shape index (κ2) is 7.11. The van der Waals surface area contributed by atoms with E-state index in [9.17, 15) is 24.1 Å². The fourth-order valence-electron chi connectivity index (χ4n) is 2.01. The molecule has 5 nitrogen and oxygen atoms in total. The number of halogens is 2. The number of benzene rings is 2. The van der Waals surface area contributed by atoms with Gasteiger partial charge in [0.2, 0.25) is 0 Å². The van der Waals surface area contributed by atoms with E-state index in [2.05, 4.69) is 0 Å². The van der Waals surface area contributed by atoms with Crippen LogP contribution in [0.2, 0.25) is 5.02 Å². The number of hydrogen-bond donors (Lipinski definition) is 0. The molecule has 0 atom stereocenters. The van der Waals surface area contributed by atoms with Crippen LogP contribution in [0.3, 0.4) is 0 Å². The Morgan fingerprint density at radius 1 is 1.09 bits per heavy atom. The van der Waals surface area contributed by atoms with Crippen LogP contribution < -0.4 is 0 Å². The number of ketones is 2. The fraction of sp³-hybridized carbons (Fsp3) is 0.125. The van der Waals surface area contributed by atoms with Gasteiger partial charge in [-0.05, 0) is 0 Å². The molecule has 2 aromatic carbocycles. The highest BCUT2D eigenvalue weighted by atomic mass is 35.5. The van der Waals surface area contributed by atoms with E-state index in [0.717, 1.165) is 6.07 Å². The summed E-state index contributed by atoms with van der Waals surface area (Å²) >= 11 is 5.69. The van der Waals surface area contributed by atoms with Crippen molar-refractivity contribution in [1.82, 2.24) is 0 Å². The van der Waals surface area contributed by atoms with Crippen molar-refractivity contribution in [2.24, 2.45) is 0 Å². The van der Waals surface area contributed by atoms with Crippen molar-refractivity contribution in [2.75, 3.05) is 0 Å². The molecule has 0 N–H and O–H groups in total. The van der Waals surface area contributed by atoms with Crippen LogP contribution in [-0.2, 0) is 0 Å². The number of hydrogen-bond acceptors (Lipinski definition) is 4. The zero-order valence-corrected chi connectivity index (χ0v) is 12.5. The molecular weight excluding hydrogens is 325 g/mol. The quantitative estimate of drug-likeness (QED) is 0.449. The van der Waals surface area contributed by atoms with Crippen LogP contribution in [0, 0.1) is 15.9 Å². The monoisotopic (exact) mass is 335 g/mol. The topological polar surface area (TPSA) is 77.3 Å². The van der Waals surface area contributed by atoms with E-state index in [1.807, 2.05) is 0 Å². The molecule has 0 bridgehead atoms. The minimum absolute atomic E-state index is 0.0938. The largest absolute Gasteiger partial charge is 0.294 e. The normalized spacial score (nSPS) is 10.3. The summed E-state index contributed by atoms with van der Waals surface area (Å²) in [6.45, 7) is 0. The van der Waals surface area contributed by atoms with Gasteiger partial charge >= 0.3 is 0 Å². The summed E-state index contributed by atoms with van der Waals surface area (Å²) in [4.78, 5) is 33.9. The van der Waals surface area contributed by atoms with Crippen LogP contribution in [0.15, 0.2) is 42.5 Å². The minimum Gasteiger partial charge on any atom is -0.294 e. The summed E-state index contributed by atoms with van der Waals surface area (Å²) < 4.78 is 13.6. The van der Waals surface area contributed by atoms with Gasteiger partial charge in [0.1, 0.15) is 5.82 Å². The smallest absolute Gasteiger partial charge is 0.273 e. The van der Waals surface area contributed by atoms with Gasteiger partial charge in [0.15, 0.2) is 11.6 Å². The van der Waals surface area contributed by atoms with Gasteiger partial charge in [0.25, 0.3) is 5.69 Å². The lowest BCUT2D eigenvalue weighted by Gasteiger charge is -2.05. The highest BCUT2D eigenvalue weighted by molar-refractivity contribution is 6.34. The number of nitro benzene ring substituents is 1. The number of nitrogens with zero attached hydrogens (tertiary/aromatic N) is 1. The maximum atomic E-state index is 13.6. The molecule has 0 spiro atoms. The predicted molar refractivity (Wildman–Crippen MR) is 82.4 cm³/mol. The third-order valence-corrected chi connectivity index (χ3v) is 3.58. The van der Waals surface area contributed by atoms with Gasteiger partial charge < -0.3 is 0 Å². The summed E-state index contributed by atoms with van der Waals surface area (Å²) in [5.41, 5.74) is -0.402. The number of non-ortho nitro benzene ring substituents is 1. The fourth-order valence-corrected chi connectivity index (χ4v) is 2.23. The van der Waals surface area contributed by atoms with Crippen molar-refractivity contribution in [1.29, 1.82) is 0 Å².